The van der Waals surface area contributed by atoms with Crippen LogP contribution >= 0.6 is 0 Å². The van der Waals surface area contributed by atoms with E-state index in [2.05, 4.69) is 15.0 Å². The largest absolute Gasteiger partial charge is 0.406 e. The van der Waals surface area contributed by atoms with Gasteiger partial charge in [0.2, 0.25) is 0 Å². The van der Waals surface area contributed by atoms with Gasteiger partial charge in [0.25, 0.3) is 5.91 Å². The SMILES string of the molecule is Cn1cc(-c2ncnc3[nH]ccc23)cc1C(=O)N(CC1CC1)CC(F)(F)F.[HH]. The Bertz CT molecular complexity index is 993. The van der Waals surface area contributed by atoms with Crippen molar-refractivity contribution >= 4 is 16.9 Å². The minimum Gasteiger partial charge on any atom is -0.346 e. The van der Waals surface area contributed by atoms with Crippen LogP contribution in [0.4, 0.5) is 13.2 Å². The van der Waals surface area contributed by atoms with E-state index in [9.17, 15) is 18.0 Å². The lowest BCUT2D eigenvalue weighted by Crippen LogP contribution is -2.40. The summed E-state index contributed by atoms with van der Waals surface area (Å²) in [5.41, 5.74) is 2.15. The molecule has 144 valence electrons. The van der Waals surface area contributed by atoms with Crippen molar-refractivity contribution in [3.8, 4) is 11.3 Å². The minimum atomic E-state index is -4.43. The van der Waals surface area contributed by atoms with Gasteiger partial charge in [-0.2, -0.15) is 13.2 Å². The third-order valence-corrected chi connectivity index (χ3v) is 4.68. The first kappa shape index (κ1) is 17.6. The zero-order valence-electron chi connectivity index (χ0n) is 14.6. The topological polar surface area (TPSA) is 66.8 Å². The molecule has 1 amide bonds. The Morgan fingerprint density at radius 1 is 1.41 bits per heavy atom. The average molecular weight is 379 g/mol. The number of rotatable bonds is 5. The number of carbonyl (C=O) groups is 1. The molecule has 1 N–H and O–H groups in total. The predicted molar refractivity (Wildman–Crippen MR) is 95.1 cm³/mol. The molecule has 9 heteroatoms. The fraction of sp³-hybridized carbons (Fsp3) is 0.389. The quantitative estimate of drug-likeness (QED) is 0.736. The van der Waals surface area contributed by atoms with Gasteiger partial charge in [0.05, 0.1) is 5.69 Å². The zero-order chi connectivity index (χ0) is 19.2. The Hall–Kier alpha value is -2.84. The second-order valence-electron chi connectivity index (χ2n) is 6.93. The molecule has 3 aromatic heterocycles. The second-order valence-corrected chi connectivity index (χ2v) is 6.93. The Labute approximate surface area is 154 Å². The number of halogens is 3. The van der Waals surface area contributed by atoms with Crippen LogP contribution in [0.25, 0.3) is 22.3 Å². The van der Waals surface area contributed by atoms with Crippen molar-refractivity contribution in [1.29, 1.82) is 0 Å². The number of H-pyrrole nitrogens is 1. The van der Waals surface area contributed by atoms with Gasteiger partial charge in [-0.25, -0.2) is 9.97 Å². The summed E-state index contributed by atoms with van der Waals surface area (Å²) in [4.78, 5) is 25.1. The summed E-state index contributed by atoms with van der Waals surface area (Å²) in [7, 11) is 1.65. The molecule has 0 unspecified atom stereocenters. The molecule has 0 aliphatic heterocycles. The van der Waals surface area contributed by atoms with Crippen LogP contribution in [0, 0.1) is 5.92 Å². The highest BCUT2D eigenvalue weighted by Gasteiger charge is 2.37. The van der Waals surface area contributed by atoms with Crippen LogP contribution in [0.1, 0.15) is 24.8 Å². The highest BCUT2D eigenvalue weighted by atomic mass is 19.4. The van der Waals surface area contributed by atoms with Crippen LogP contribution in [0.3, 0.4) is 0 Å². The molecule has 3 aromatic rings. The summed E-state index contributed by atoms with van der Waals surface area (Å²) < 4.78 is 40.4. The number of amides is 1. The molecule has 0 radical (unpaired) electrons. The summed E-state index contributed by atoms with van der Waals surface area (Å²) in [5, 5.41) is 0.784. The van der Waals surface area contributed by atoms with E-state index in [1.165, 1.54) is 6.33 Å². The van der Waals surface area contributed by atoms with E-state index in [0.717, 1.165) is 23.1 Å². The van der Waals surface area contributed by atoms with Gasteiger partial charge in [-0.05, 0) is 30.9 Å². The molecule has 1 aliphatic carbocycles. The molecule has 1 fully saturated rings. The third-order valence-electron chi connectivity index (χ3n) is 4.68. The predicted octanol–water partition coefficient (Wildman–Crippen LogP) is 3.62. The van der Waals surface area contributed by atoms with Crippen molar-refractivity contribution in [3.05, 3.63) is 36.5 Å². The molecule has 0 spiro atoms. The van der Waals surface area contributed by atoms with Crippen molar-refractivity contribution in [3.63, 3.8) is 0 Å². The number of carbonyl (C=O) groups excluding carboxylic acids is 1. The normalized spacial score (nSPS) is 14.7. The lowest BCUT2D eigenvalue weighted by atomic mass is 10.1. The first-order valence-corrected chi connectivity index (χ1v) is 8.62. The smallest absolute Gasteiger partial charge is 0.346 e. The summed E-state index contributed by atoms with van der Waals surface area (Å²) >= 11 is 0. The second kappa shape index (κ2) is 6.40. The van der Waals surface area contributed by atoms with E-state index in [1.54, 1.807) is 30.1 Å². The highest BCUT2D eigenvalue weighted by Crippen LogP contribution is 2.32. The van der Waals surface area contributed by atoms with E-state index in [0.29, 0.717) is 16.9 Å². The first-order chi connectivity index (χ1) is 12.8. The number of fused-ring (bicyclic) bond motifs is 1. The molecule has 0 saturated heterocycles. The van der Waals surface area contributed by atoms with Gasteiger partial charge >= 0.3 is 6.18 Å². The minimum absolute atomic E-state index is 0. The molecule has 0 aromatic carbocycles. The van der Waals surface area contributed by atoms with Gasteiger partial charge in [0.15, 0.2) is 0 Å². The van der Waals surface area contributed by atoms with E-state index in [1.807, 2.05) is 6.07 Å². The van der Waals surface area contributed by atoms with Crippen molar-refractivity contribution in [2.24, 2.45) is 13.0 Å². The zero-order valence-corrected chi connectivity index (χ0v) is 14.6. The molecule has 3 heterocycles. The number of nitrogens with one attached hydrogen (secondary N) is 1. The molecule has 1 aliphatic rings. The third kappa shape index (κ3) is 3.67. The van der Waals surface area contributed by atoms with Gasteiger partial charge in [-0.15, -0.1) is 0 Å². The first-order valence-electron chi connectivity index (χ1n) is 8.62. The molecule has 27 heavy (non-hydrogen) atoms. The van der Waals surface area contributed by atoms with Crippen LogP contribution in [0.2, 0.25) is 0 Å². The Kier molecular flexibility index (Phi) is 4.16. The lowest BCUT2D eigenvalue weighted by molar-refractivity contribution is -0.141. The number of aromatic nitrogens is 4. The maximum Gasteiger partial charge on any atom is 0.406 e. The molecule has 6 nitrogen and oxygen atoms in total. The molecular formula is C18H20F3N5O. The van der Waals surface area contributed by atoms with Gasteiger partial charge in [-0.1, -0.05) is 0 Å². The average Bonchev–Trinajstić information content (AvgIpc) is 3.14. The van der Waals surface area contributed by atoms with Gasteiger partial charge < -0.3 is 14.5 Å². The van der Waals surface area contributed by atoms with Gasteiger partial charge in [-0.3, -0.25) is 4.79 Å². The number of hydrogen-bond donors (Lipinski definition) is 1. The highest BCUT2D eigenvalue weighted by molar-refractivity contribution is 5.96. The fourth-order valence-electron chi connectivity index (χ4n) is 3.22. The Morgan fingerprint density at radius 3 is 2.89 bits per heavy atom. The number of nitrogens with zero attached hydrogens (tertiary/aromatic N) is 4. The molecule has 0 atom stereocenters. The maximum absolute atomic E-state index is 12.9. The molecule has 4 rings (SSSR count). The Morgan fingerprint density at radius 2 is 2.19 bits per heavy atom. The van der Waals surface area contributed by atoms with Crippen molar-refractivity contribution < 1.29 is 19.4 Å². The van der Waals surface area contributed by atoms with Crippen LogP contribution in [0.5, 0.6) is 0 Å². The van der Waals surface area contributed by atoms with Crippen LogP contribution < -0.4 is 0 Å². The van der Waals surface area contributed by atoms with E-state index in [-0.39, 0.29) is 19.6 Å². The summed E-state index contributed by atoms with van der Waals surface area (Å²) in [6.07, 6.45) is 2.15. The number of aromatic amines is 1. The van der Waals surface area contributed by atoms with E-state index in [4.69, 9.17) is 0 Å². The maximum atomic E-state index is 12.9. The van der Waals surface area contributed by atoms with Crippen molar-refractivity contribution in [1.82, 2.24) is 24.4 Å². The van der Waals surface area contributed by atoms with E-state index >= 15 is 0 Å². The standard InChI is InChI=1S/C18H18F3N5O.H2/c1-25-8-12(15-13-4-5-22-16(13)24-10-23-15)6-14(25)17(27)26(7-11-2-3-11)9-18(19,20)21;/h4-6,8,10-11H,2-3,7,9H2,1H3,(H,22,23,24);1H. The monoisotopic (exact) mass is 379 g/mol. The number of alkyl halides is 3. The summed E-state index contributed by atoms with van der Waals surface area (Å²) in [5.74, 6) is -0.454. The van der Waals surface area contributed by atoms with Gasteiger partial charge in [0.1, 0.15) is 24.2 Å². The van der Waals surface area contributed by atoms with Crippen molar-refractivity contribution in [2.75, 3.05) is 13.1 Å². The van der Waals surface area contributed by atoms with Crippen molar-refractivity contribution in [2.45, 2.75) is 19.0 Å². The van der Waals surface area contributed by atoms with Gasteiger partial charge in [0, 0.05) is 38.4 Å². The van der Waals surface area contributed by atoms with Crippen LogP contribution in [0.15, 0.2) is 30.9 Å². The van der Waals surface area contributed by atoms with E-state index < -0.39 is 18.6 Å². The molecular weight excluding hydrogens is 359 g/mol. The lowest BCUT2D eigenvalue weighted by Gasteiger charge is -2.24. The molecule has 0 bridgehead atoms. The Balaban J connectivity index is 0.00000225. The summed E-state index contributed by atoms with van der Waals surface area (Å²) in [6.45, 7) is -1.10. The van der Waals surface area contributed by atoms with Crippen LogP contribution in [-0.2, 0) is 7.05 Å². The molecule has 1 saturated carbocycles. The fourth-order valence-corrected chi connectivity index (χ4v) is 3.22. The van der Waals surface area contributed by atoms with Crippen LogP contribution in [-0.4, -0.2) is 49.6 Å². The summed E-state index contributed by atoms with van der Waals surface area (Å²) in [6, 6.07) is 3.41. The number of hydrogen-bond acceptors (Lipinski definition) is 3. The number of aryl methyl sites for hydroxylation is 1.